The van der Waals surface area contributed by atoms with E-state index in [-0.39, 0.29) is 12.5 Å². The highest BCUT2D eigenvalue weighted by atomic mass is 32.1. The summed E-state index contributed by atoms with van der Waals surface area (Å²) in [6, 6.07) is 0. The van der Waals surface area contributed by atoms with Gasteiger partial charge in [-0.1, -0.05) is 6.08 Å². The van der Waals surface area contributed by atoms with Crippen molar-refractivity contribution in [3.8, 4) is 10.6 Å². The molecule has 0 amide bonds. The number of nitrogens with one attached hydrogen (secondary N) is 2. The molecule has 0 aromatic carbocycles. The van der Waals surface area contributed by atoms with Crippen LogP contribution in [-0.2, 0) is 6.42 Å². The highest BCUT2D eigenvalue weighted by Gasteiger charge is 2.38. The first kappa shape index (κ1) is 19.9. The van der Waals surface area contributed by atoms with E-state index < -0.39 is 5.72 Å². The predicted octanol–water partition coefficient (Wildman–Crippen LogP) is 3.58. The molecule has 5 rings (SSSR count). The number of thiazole rings is 1. The van der Waals surface area contributed by atoms with E-state index in [0.29, 0.717) is 30.5 Å². The second-order valence-electron chi connectivity index (χ2n) is 8.90. The zero-order valence-corrected chi connectivity index (χ0v) is 18.1. The minimum atomic E-state index is -1.08. The topological polar surface area (TPSA) is 103 Å². The summed E-state index contributed by atoms with van der Waals surface area (Å²) in [7, 11) is 0. The Morgan fingerprint density at radius 2 is 2.07 bits per heavy atom. The van der Waals surface area contributed by atoms with Gasteiger partial charge in [0.15, 0.2) is 0 Å². The molecule has 2 aromatic rings. The maximum atomic E-state index is 11.2. The Morgan fingerprint density at radius 3 is 2.80 bits per heavy atom. The molecular weight excluding hydrogens is 398 g/mol. The summed E-state index contributed by atoms with van der Waals surface area (Å²) in [6.07, 6.45) is 10.7. The molecule has 30 heavy (non-hydrogen) atoms. The lowest BCUT2D eigenvalue weighted by Gasteiger charge is -2.26. The second-order valence-corrected chi connectivity index (χ2v) is 9.98. The zero-order valence-electron chi connectivity index (χ0n) is 17.3. The number of aryl methyl sites for hydroxylation is 2. The molecule has 2 atom stereocenters. The van der Waals surface area contributed by atoms with Crippen molar-refractivity contribution >= 4 is 29.2 Å². The van der Waals surface area contributed by atoms with E-state index >= 15 is 0 Å². The third kappa shape index (κ3) is 4.08. The summed E-state index contributed by atoms with van der Waals surface area (Å²) in [4.78, 5) is 15.6. The van der Waals surface area contributed by atoms with Crippen molar-refractivity contribution in [1.29, 1.82) is 0 Å². The van der Waals surface area contributed by atoms with E-state index in [2.05, 4.69) is 22.8 Å². The van der Waals surface area contributed by atoms with Gasteiger partial charge in [-0.15, -0.1) is 11.3 Å². The summed E-state index contributed by atoms with van der Waals surface area (Å²) >= 11 is 1.69. The van der Waals surface area contributed by atoms with Crippen LogP contribution in [0.4, 0.5) is 11.8 Å². The van der Waals surface area contributed by atoms with Gasteiger partial charge in [-0.05, 0) is 69.8 Å². The molecule has 4 N–H and O–H groups in total. The van der Waals surface area contributed by atoms with E-state index in [0.717, 1.165) is 47.8 Å². The minimum Gasteiger partial charge on any atom is -0.396 e. The summed E-state index contributed by atoms with van der Waals surface area (Å²) in [5.74, 6) is 2.04. The third-order valence-corrected chi connectivity index (χ3v) is 7.44. The lowest BCUT2D eigenvalue weighted by molar-refractivity contribution is 0.0683. The Bertz CT molecular complexity index is 971. The minimum absolute atomic E-state index is 0.0966. The normalized spacial score (nSPS) is 25.4. The van der Waals surface area contributed by atoms with E-state index in [1.807, 2.05) is 6.92 Å². The smallest absolute Gasteiger partial charge is 0.224 e. The van der Waals surface area contributed by atoms with Crippen molar-refractivity contribution in [3.05, 3.63) is 22.3 Å². The van der Waals surface area contributed by atoms with Crippen LogP contribution in [0.25, 0.3) is 16.6 Å². The number of hydrogen-bond acceptors (Lipinski definition) is 8. The van der Waals surface area contributed by atoms with Gasteiger partial charge in [0.1, 0.15) is 16.6 Å². The van der Waals surface area contributed by atoms with Crippen molar-refractivity contribution in [3.63, 3.8) is 0 Å². The van der Waals surface area contributed by atoms with Gasteiger partial charge < -0.3 is 20.8 Å². The van der Waals surface area contributed by atoms with E-state index in [4.69, 9.17) is 15.0 Å². The molecule has 2 unspecified atom stereocenters. The lowest BCUT2D eigenvalue weighted by Crippen LogP contribution is -2.36. The van der Waals surface area contributed by atoms with Crippen LogP contribution in [0.15, 0.2) is 6.08 Å². The largest absolute Gasteiger partial charge is 0.396 e. The fourth-order valence-electron chi connectivity index (χ4n) is 4.36. The van der Waals surface area contributed by atoms with E-state index in [1.54, 1.807) is 11.3 Å². The Labute approximate surface area is 180 Å². The van der Waals surface area contributed by atoms with Gasteiger partial charge in [0.2, 0.25) is 5.95 Å². The van der Waals surface area contributed by atoms with E-state index in [1.165, 1.54) is 17.7 Å². The Kier molecular flexibility index (Phi) is 5.24. The summed E-state index contributed by atoms with van der Waals surface area (Å²) in [5, 5.41) is 28.2. The summed E-state index contributed by atoms with van der Waals surface area (Å²) < 4.78 is 0. The van der Waals surface area contributed by atoms with E-state index in [9.17, 15) is 10.2 Å². The number of hydrogen-bond donors (Lipinski definition) is 4. The average molecular weight is 428 g/mol. The third-order valence-electron chi connectivity index (χ3n) is 6.29. The average Bonchev–Trinajstić information content (AvgIpc) is 3.34. The van der Waals surface area contributed by atoms with Crippen molar-refractivity contribution in [2.24, 2.45) is 11.8 Å². The number of anilines is 2. The molecule has 0 bridgehead atoms. The molecule has 160 valence electrons. The van der Waals surface area contributed by atoms with Crippen molar-refractivity contribution in [1.82, 2.24) is 15.0 Å². The first-order chi connectivity index (χ1) is 14.5. The molecule has 0 radical (unpaired) electrons. The second kappa shape index (κ2) is 7.90. The fourth-order valence-corrected chi connectivity index (χ4v) is 5.52. The molecule has 3 aliphatic rings. The van der Waals surface area contributed by atoms with Gasteiger partial charge in [0, 0.05) is 18.0 Å². The molecule has 2 saturated carbocycles. The lowest BCUT2D eigenvalue weighted by atomic mass is 10.1. The van der Waals surface area contributed by atoms with Crippen molar-refractivity contribution < 1.29 is 10.2 Å². The SMILES string of the molecule is Cc1nc(NCC2CC2)nc(NC2(O)CCC(CO)C2)c1-c1nc2c(s1)CCC=C2. The number of allylic oxidation sites excluding steroid dienone is 1. The first-order valence-corrected chi connectivity index (χ1v) is 11.8. The monoisotopic (exact) mass is 427 g/mol. The number of aromatic nitrogens is 3. The number of aliphatic hydroxyl groups excluding tert-OH is 1. The van der Waals surface area contributed by atoms with Crippen LogP contribution < -0.4 is 10.6 Å². The number of nitrogens with zero attached hydrogens (tertiary/aromatic N) is 3. The van der Waals surface area contributed by atoms with Gasteiger partial charge in [0.05, 0.1) is 17.0 Å². The molecule has 0 saturated heterocycles. The fraction of sp³-hybridized carbons (Fsp3) is 0.591. The van der Waals surface area contributed by atoms with Crippen molar-refractivity contribution in [2.75, 3.05) is 23.8 Å². The maximum Gasteiger partial charge on any atom is 0.224 e. The van der Waals surface area contributed by atoms with Crippen LogP contribution in [0.5, 0.6) is 0 Å². The summed E-state index contributed by atoms with van der Waals surface area (Å²) in [6.45, 7) is 2.96. The van der Waals surface area contributed by atoms with Gasteiger partial charge in [-0.3, -0.25) is 0 Å². The molecule has 3 aliphatic carbocycles. The Hall–Kier alpha value is -2.03. The maximum absolute atomic E-state index is 11.2. The predicted molar refractivity (Wildman–Crippen MR) is 119 cm³/mol. The molecule has 7 nitrogen and oxygen atoms in total. The molecule has 2 fully saturated rings. The Morgan fingerprint density at radius 1 is 1.20 bits per heavy atom. The van der Waals surface area contributed by atoms with Gasteiger partial charge in [-0.2, -0.15) is 4.98 Å². The molecule has 8 heteroatoms. The molecule has 0 aliphatic heterocycles. The van der Waals surface area contributed by atoms with Gasteiger partial charge in [-0.25, -0.2) is 9.97 Å². The Balaban J connectivity index is 1.51. The van der Waals surface area contributed by atoms with Crippen LogP contribution in [0, 0.1) is 18.8 Å². The molecule has 0 spiro atoms. The number of rotatable bonds is 7. The van der Waals surface area contributed by atoms with Crippen LogP contribution >= 0.6 is 11.3 Å². The standard InChI is InChI=1S/C22H29N5O2S/c1-13-18(20-25-16-4-2-3-5-17(16)30-20)19(26-21(24-13)23-11-14-6-7-14)27-22(29)9-8-15(10-22)12-28/h2,4,14-15,28-29H,3,5-12H2,1H3,(H2,23,24,26,27). The quantitative estimate of drug-likeness (QED) is 0.501. The van der Waals surface area contributed by atoms with Crippen LogP contribution in [-0.4, -0.2) is 44.0 Å². The van der Waals surface area contributed by atoms with Gasteiger partial charge in [0.25, 0.3) is 0 Å². The van der Waals surface area contributed by atoms with Crippen LogP contribution in [0.3, 0.4) is 0 Å². The van der Waals surface area contributed by atoms with Gasteiger partial charge >= 0.3 is 0 Å². The molecule has 2 aromatic heterocycles. The van der Waals surface area contributed by atoms with Crippen LogP contribution in [0.1, 0.15) is 54.8 Å². The molecular formula is C22H29N5O2S. The highest BCUT2D eigenvalue weighted by molar-refractivity contribution is 7.15. The number of fused-ring (bicyclic) bond motifs is 1. The molecule has 2 heterocycles. The number of aliphatic hydroxyl groups is 2. The first-order valence-electron chi connectivity index (χ1n) is 10.9. The highest BCUT2D eigenvalue weighted by Crippen LogP contribution is 2.41. The summed E-state index contributed by atoms with van der Waals surface area (Å²) in [5.41, 5.74) is 1.66. The van der Waals surface area contributed by atoms with Crippen molar-refractivity contribution in [2.45, 2.75) is 57.6 Å². The zero-order chi connectivity index (χ0) is 20.7. The van der Waals surface area contributed by atoms with Crippen LogP contribution in [0.2, 0.25) is 0 Å².